The standard InChI is InChI=1S/C12H17N/c1-10-7-11-5-3-4-6-12(11)9-13(2)8-10/h3-6,10H,7-9H2,1-2H3. The van der Waals surface area contributed by atoms with Crippen molar-refractivity contribution in [2.24, 2.45) is 5.92 Å². The van der Waals surface area contributed by atoms with E-state index in [2.05, 4.69) is 43.1 Å². The minimum absolute atomic E-state index is 0.786. The Labute approximate surface area is 80.4 Å². The maximum atomic E-state index is 2.41. The van der Waals surface area contributed by atoms with Crippen molar-refractivity contribution in [2.45, 2.75) is 19.9 Å². The van der Waals surface area contributed by atoms with Gasteiger partial charge in [0.1, 0.15) is 0 Å². The van der Waals surface area contributed by atoms with E-state index in [4.69, 9.17) is 0 Å². The van der Waals surface area contributed by atoms with Crippen LogP contribution in [0, 0.1) is 5.92 Å². The van der Waals surface area contributed by atoms with Gasteiger partial charge in [-0.15, -0.1) is 0 Å². The highest BCUT2D eigenvalue weighted by atomic mass is 15.1. The topological polar surface area (TPSA) is 3.24 Å². The van der Waals surface area contributed by atoms with Crippen LogP contribution in [-0.2, 0) is 13.0 Å². The first-order chi connectivity index (χ1) is 6.25. The summed E-state index contributed by atoms with van der Waals surface area (Å²) in [6.45, 7) is 4.66. The van der Waals surface area contributed by atoms with Crippen LogP contribution in [0.2, 0.25) is 0 Å². The zero-order chi connectivity index (χ0) is 9.26. The van der Waals surface area contributed by atoms with Crippen LogP contribution in [0.5, 0.6) is 0 Å². The summed E-state index contributed by atoms with van der Waals surface area (Å²) in [6.07, 6.45) is 1.24. The van der Waals surface area contributed by atoms with Crippen LogP contribution in [0.3, 0.4) is 0 Å². The van der Waals surface area contributed by atoms with Crippen molar-refractivity contribution in [3.8, 4) is 0 Å². The van der Waals surface area contributed by atoms with E-state index in [1.807, 2.05) is 0 Å². The summed E-state index contributed by atoms with van der Waals surface area (Å²) in [6, 6.07) is 8.81. The first-order valence-electron chi connectivity index (χ1n) is 5.01. The van der Waals surface area contributed by atoms with Crippen LogP contribution >= 0.6 is 0 Å². The quantitative estimate of drug-likeness (QED) is 0.585. The van der Waals surface area contributed by atoms with Crippen LogP contribution in [-0.4, -0.2) is 18.5 Å². The van der Waals surface area contributed by atoms with Gasteiger partial charge in [0.2, 0.25) is 0 Å². The van der Waals surface area contributed by atoms with Crippen LogP contribution in [0.4, 0.5) is 0 Å². The molecule has 0 bridgehead atoms. The lowest BCUT2D eigenvalue weighted by molar-refractivity contribution is 0.291. The molecule has 1 aromatic rings. The Hall–Kier alpha value is -0.820. The summed E-state index contributed by atoms with van der Waals surface area (Å²) >= 11 is 0. The molecule has 70 valence electrons. The van der Waals surface area contributed by atoms with E-state index >= 15 is 0 Å². The molecule has 1 aromatic carbocycles. The number of hydrogen-bond donors (Lipinski definition) is 0. The van der Waals surface area contributed by atoms with E-state index in [0.29, 0.717) is 0 Å². The Morgan fingerprint density at radius 3 is 2.69 bits per heavy atom. The molecule has 1 aliphatic heterocycles. The molecule has 0 aliphatic carbocycles. The molecule has 1 atom stereocenters. The molecule has 0 aromatic heterocycles. The lowest BCUT2D eigenvalue weighted by Crippen LogP contribution is -2.21. The SMILES string of the molecule is CC1Cc2ccccc2CN(C)C1. The molecule has 1 nitrogen and oxygen atoms in total. The zero-order valence-electron chi connectivity index (χ0n) is 8.46. The van der Waals surface area contributed by atoms with Gasteiger partial charge >= 0.3 is 0 Å². The summed E-state index contributed by atoms with van der Waals surface area (Å²) in [7, 11) is 2.21. The summed E-state index contributed by atoms with van der Waals surface area (Å²) in [5, 5.41) is 0. The highest BCUT2D eigenvalue weighted by molar-refractivity contribution is 5.28. The fourth-order valence-corrected chi connectivity index (χ4v) is 2.24. The Bertz CT molecular complexity index is 264. The van der Waals surface area contributed by atoms with Crippen molar-refractivity contribution in [1.82, 2.24) is 4.90 Å². The van der Waals surface area contributed by atoms with E-state index in [1.165, 1.54) is 18.5 Å². The number of fused-ring (bicyclic) bond motifs is 1. The molecule has 1 unspecified atom stereocenters. The van der Waals surface area contributed by atoms with E-state index < -0.39 is 0 Å². The minimum Gasteiger partial charge on any atom is -0.302 e. The van der Waals surface area contributed by atoms with Gasteiger partial charge in [0.25, 0.3) is 0 Å². The van der Waals surface area contributed by atoms with Crippen molar-refractivity contribution in [3.63, 3.8) is 0 Å². The van der Waals surface area contributed by atoms with E-state index in [9.17, 15) is 0 Å². The lowest BCUT2D eigenvalue weighted by Gasteiger charge is -2.15. The molecular formula is C12H17N. The maximum Gasteiger partial charge on any atom is 0.0233 e. The molecule has 0 amide bonds. The monoisotopic (exact) mass is 175 g/mol. The molecule has 0 fully saturated rings. The summed E-state index contributed by atoms with van der Waals surface area (Å²) in [5.74, 6) is 0.786. The van der Waals surface area contributed by atoms with Gasteiger partial charge in [-0.1, -0.05) is 31.2 Å². The molecule has 0 saturated heterocycles. The third kappa shape index (κ3) is 1.92. The van der Waals surface area contributed by atoms with E-state index in [1.54, 1.807) is 5.56 Å². The number of nitrogens with zero attached hydrogens (tertiary/aromatic N) is 1. The fraction of sp³-hybridized carbons (Fsp3) is 0.500. The molecule has 1 heteroatoms. The number of hydrogen-bond acceptors (Lipinski definition) is 1. The van der Waals surface area contributed by atoms with Crippen molar-refractivity contribution in [3.05, 3.63) is 35.4 Å². The van der Waals surface area contributed by atoms with Crippen LogP contribution < -0.4 is 0 Å². The summed E-state index contributed by atoms with van der Waals surface area (Å²) < 4.78 is 0. The second kappa shape index (κ2) is 3.51. The first-order valence-corrected chi connectivity index (χ1v) is 5.01. The number of rotatable bonds is 0. The summed E-state index contributed by atoms with van der Waals surface area (Å²) in [5.41, 5.74) is 3.05. The van der Waals surface area contributed by atoms with E-state index in [0.717, 1.165) is 12.5 Å². The molecule has 1 aliphatic rings. The van der Waals surface area contributed by atoms with Crippen molar-refractivity contribution < 1.29 is 0 Å². The predicted molar refractivity (Wildman–Crippen MR) is 55.6 cm³/mol. The van der Waals surface area contributed by atoms with Crippen molar-refractivity contribution >= 4 is 0 Å². The average Bonchev–Trinajstić information content (AvgIpc) is 2.20. The maximum absolute atomic E-state index is 2.41. The number of benzene rings is 1. The molecule has 0 saturated carbocycles. The van der Waals surface area contributed by atoms with Gasteiger partial charge < -0.3 is 4.90 Å². The van der Waals surface area contributed by atoms with Gasteiger partial charge in [0.15, 0.2) is 0 Å². The average molecular weight is 175 g/mol. The van der Waals surface area contributed by atoms with E-state index in [-0.39, 0.29) is 0 Å². The summed E-state index contributed by atoms with van der Waals surface area (Å²) in [4.78, 5) is 2.41. The Morgan fingerprint density at radius 1 is 1.23 bits per heavy atom. The molecule has 2 rings (SSSR count). The highest BCUT2D eigenvalue weighted by Crippen LogP contribution is 2.20. The molecule has 0 spiro atoms. The Kier molecular flexibility index (Phi) is 2.36. The zero-order valence-corrected chi connectivity index (χ0v) is 8.46. The molecule has 0 N–H and O–H groups in total. The first kappa shape index (κ1) is 8.76. The van der Waals surface area contributed by atoms with Crippen molar-refractivity contribution in [1.29, 1.82) is 0 Å². The van der Waals surface area contributed by atoms with Crippen LogP contribution in [0.25, 0.3) is 0 Å². The second-order valence-electron chi connectivity index (χ2n) is 4.27. The molecular weight excluding hydrogens is 158 g/mol. The van der Waals surface area contributed by atoms with Gasteiger partial charge in [-0.25, -0.2) is 0 Å². The van der Waals surface area contributed by atoms with Crippen LogP contribution in [0.1, 0.15) is 18.1 Å². The van der Waals surface area contributed by atoms with Gasteiger partial charge in [0, 0.05) is 13.1 Å². The molecule has 1 heterocycles. The molecule has 0 radical (unpaired) electrons. The third-order valence-electron chi connectivity index (χ3n) is 2.75. The smallest absolute Gasteiger partial charge is 0.0233 e. The van der Waals surface area contributed by atoms with Gasteiger partial charge in [-0.05, 0) is 30.5 Å². The van der Waals surface area contributed by atoms with Gasteiger partial charge in [-0.2, -0.15) is 0 Å². The Morgan fingerprint density at radius 2 is 1.92 bits per heavy atom. The highest BCUT2D eigenvalue weighted by Gasteiger charge is 2.15. The van der Waals surface area contributed by atoms with Gasteiger partial charge in [-0.3, -0.25) is 0 Å². The third-order valence-corrected chi connectivity index (χ3v) is 2.75. The fourth-order valence-electron chi connectivity index (χ4n) is 2.24. The van der Waals surface area contributed by atoms with Crippen molar-refractivity contribution in [2.75, 3.05) is 13.6 Å². The Balaban J connectivity index is 2.32. The lowest BCUT2D eigenvalue weighted by atomic mass is 9.99. The minimum atomic E-state index is 0.786. The predicted octanol–water partition coefficient (Wildman–Crippen LogP) is 2.31. The normalized spacial score (nSPS) is 23.7. The second-order valence-corrected chi connectivity index (χ2v) is 4.27. The molecule has 13 heavy (non-hydrogen) atoms. The van der Waals surface area contributed by atoms with Gasteiger partial charge in [0.05, 0.1) is 0 Å². The largest absolute Gasteiger partial charge is 0.302 e. The van der Waals surface area contributed by atoms with Crippen LogP contribution in [0.15, 0.2) is 24.3 Å².